The van der Waals surface area contributed by atoms with Gasteiger partial charge in [0.05, 0.1) is 5.60 Å². The van der Waals surface area contributed by atoms with E-state index in [1.165, 1.54) is 19.3 Å². The lowest BCUT2D eigenvalue weighted by Gasteiger charge is -2.27. The highest BCUT2D eigenvalue weighted by molar-refractivity contribution is 4.76. The second-order valence-corrected chi connectivity index (χ2v) is 3.06. The zero-order valence-corrected chi connectivity index (χ0v) is 5.48. The van der Waals surface area contributed by atoms with E-state index in [1.807, 2.05) is 6.92 Å². The average Bonchev–Trinajstić information content (AvgIpc) is 1.65. The molecule has 0 radical (unpaired) electrons. The molecule has 0 heterocycles. The molecule has 0 aromatic heterocycles. The van der Waals surface area contributed by atoms with Crippen LogP contribution in [0.5, 0.6) is 0 Å². The highest BCUT2D eigenvalue weighted by Crippen LogP contribution is 2.26. The van der Waals surface area contributed by atoms with Gasteiger partial charge in [0.15, 0.2) is 0 Å². The topological polar surface area (TPSA) is 20.2 Å². The second-order valence-electron chi connectivity index (χ2n) is 3.06. The molecule has 0 aliphatic heterocycles. The minimum absolute atomic E-state index is 0.321. The van der Waals surface area contributed by atoms with Crippen LogP contribution in [-0.4, -0.2) is 10.7 Å². The monoisotopic (exact) mass is 115 g/mol. The first-order valence-electron chi connectivity index (χ1n) is 3.43. The van der Waals surface area contributed by atoms with Gasteiger partial charge >= 0.3 is 0 Å². The van der Waals surface area contributed by atoms with Crippen molar-refractivity contribution >= 4 is 0 Å². The molecule has 48 valence electrons. The van der Waals surface area contributed by atoms with Crippen molar-refractivity contribution in [3.8, 4) is 0 Å². The van der Waals surface area contributed by atoms with Crippen molar-refractivity contribution in [3.63, 3.8) is 0 Å². The Bertz CT molecular complexity index is 68.5. The van der Waals surface area contributed by atoms with Crippen molar-refractivity contribution in [1.82, 2.24) is 0 Å². The molecule has 0 unspecified atom stereocenters. The maximum Gasteiger partial charge on any atom is 0.0619 e. The summed E-state index contributed by atoms with van der Waals surface area (Å²) in [7, 11) is 0. The predicted octanol–water partition coefficient (Wildman–Crippen LogP) is 1.70. The van der Waals surface area contributed by atoms with Gasteiger partial charge in [0.1, 0.15) is 0 Å². The Labute approximate surface area is 50.7 Å². The molecular formula is C7H14O. The molecule has 1 heteroatoms. The van der Waals surface area contributed by atoms with Gasteiger partial charge in [-0.3, -0.25) is 0 Å². The summed E-state index contributed by atoms with van der Waals surface area (Å²) in [5.74, 6) is 0. The maximum absolute atomic E-state index is 9.37. The van der Waals surface area contributed by atoms with E-state index in [2.05, 4.69) is 0 Å². The van der Waals surface area contributed by atoms with Gasteiger partial charge in [-0.1, -0.05) is 19.3 Å². The van der Waals surface area contributed by atoms with Crippen molar-refractivity contribution in [2.75, 3.05) is 0 Å². The van der Waals surface area contributed by atoms with Crippen molar-refractivity contribution in [3.05, 3.63) is 0 Å². The third-order valence-corrected chi connectivity index (χ3v) is 1.93. The molecule has 8 heavy (non-hydrogen) atoms. The minimum Gasteiger partial charge on any atom is -0.390 e. The van der Waals surface area contributed by atoms with Gasteiger partial charge in [0.25, 0.3) is 0 Å². The van der Waals surface area contributed by atoms with Gasteiger partial charge in [0.2, 0.25) is 0 Å². The average molecular weight is 115 g/mol. The molecule has 1 aliphatic rings. The van der Waals surface area contributed by atoms with Crippen LogP contribution in [0.2, 0.25) is 0 Å². The molecule has 1 saturated carbocycles. The zero-order valence-electron chi connectivity index (χ0n) is 5.48. The van der Waals surface area contributed by atoms with Crippen LogP contribution in [0.3, 0.4) is 0 Å². The smallest absolute Gasteiger partial charge is 0.0619 e. The van der Waals surface area contributed by atoms with E-state index in [0.29, 0.717) is 0 Å². The summed E-state index contributed by atoms with van der Waals surface area (Å²) < 4.78 is 0. The van der Waals surface area contributed by atoms with Crippen molar-refractivity contribution < 1.29 is 5.11 Å². The van der Waals surface area contributed by atoms with Gasteiger partial charge < -0.3 is 5.11 Å². The fourth-order valence-electron chi connectivity index (χ4n) is 1.31. The Morgan fingerprint density at radius 1 is 1.12 bits per heavy atom. The first kappa shape index (κ1) is 6.09. The number of hydrogen-bond acceptors (Lipinski definition) is 1. The molecule has 0 spiro atoms. The Kier molecular flexibility index (Phi) is 1.57. The van der Waals surface area contributed by atoms with Crippen LogP contribution in [0, 0.1) is 0 Å². The molecule has 0 amide bonds. The van der Waals surface area contributed by atoms with E-state index in [9.17, 15) is 5.11 Å². The molecule has 0 atom stereocenters. The third-order valence-electron chi connectivity index (χ3n) is 1.93. The zero-order chi connectivity index (χ0) is 6.04. The van der Waals surface area contributed by atoms with Gasteiger partial charge in [-0.25, -0.2) is 0 Å². The standard InChI is InChI=1S/C7H14O/c1-7(8)5-3-2-4-6-7/h8H,2-6H2,1H3/i2+1. The predicted molar refractivity (Wildman–Crippen MR) is 33.7 cm³/mol. The van der Waals surface area contributed by atoms with E-state index in [1.54, 1.807) is 0 Å². The molecule has 0 aromatic rings. The van der Waals surface area contributed by atoms with Crippen LogP contribution < -0.4 is 0 Å². The van der Waals surface area contributed by atoms with Gasteiger partial charge in [-0.2, -0.15) is 0 Å². The van der Waals surface area contributed by atoms with Gasteiger partial charge in [0, 0.05) is 0 Å². The Morgan fingerprint density at radius 3 is 1.88 bits per heavy atom. The Hall–Kier alpha value is -0.0400. The van der Waals surface area contributed by atoms with Crippen molar-refractivity contribution in [2.24, 2.45) is 0 Å². The summed E-state index contributed by atoms with van der Waals surface area (Å²) in [6.07, 6.45) is 5.76. The molecule has 1 nitrogen and oxygen atoms in total. The molecule has 0 bridgehead atoms. The van der Waals surface area contributed by atoms with E-state index in [4.69, 9.17) is 0 Å². The summed E-state index contributed by atoms with van der Waals surface area (Å²) in [5, 5.41) is 9.37. The molecular weight excluding hydrogens is 101 g/mol. The van der Waals surface area contributed by atoms with Gasteiger partial charge in [-0.05, 0) is 19.8 Å². The van der Waals surface area contributed by atoms with E-state index >= 15 is 0 Å². The fourth-order valence-corrected chi connectivity index (χ4v) is 1.31. The summed E-state index contributed by atoms with van der Waals surface area (Å²) in [6, 6.07) is 0. The Morgan fingerprint density at radius 2 is 1.62 bits per heavy atom. The summed E-state index contributed by atoms with van der Waals surface area (Å²) in [5.41, 5.74) is -0.321. The third kappa shape index (κ3) is 1.48. The second kappa shape index (κ2) is 2.06. The van der Waals surface area contributed by atoms with Crippen molar-refractivity contribution in [2.45, 2.75) is 44.6 Å². The first-order chi connectivity index (χ1) is 3.71. The highest BCUT2D eigenvalue weighted by atomic mass is 16.3. The summed E-state index contributed by atoms with van der Waals surface area (Å²) in [6.45, 7) is 1.94. The molecule has 1 rings (SSSR count). The largest absolute Gasteiger partial charge is 0.390 e. The molecule has 1 N–H and O–H groups in total. The van der Waals surface area contributed by atoms with Crippen LogP contribution in [0.15, 0.2) is 0 Å². The number of rotatable bonds is 0. The first-order valence-corrected chi connectivity index (χ1v) is 3.43. The SMILES string of the molecule is CC1(O)CC[13CH2]CC1. The molecule has 1 fully saturated rings. The van der Waals surface area contributed by atoms with Crippen LogP contribution >= 0.6 is 0 Å². The lowest BCUT2D eigenvalue weighted by atomic mass is 9.93. The van der Waals surface area contributed by atoms with Gasteiger partial charge in [-0.15, -0.1) is 0 Å². The van der Waals surface area contributed by atoms with Crippen LogP contribution in [0.4, 0.5) is 0 Å². The molecule has 0 aromatic carbocycles. The minimum atomic E-state index is -0.321. The lowest BCUT2D eigenvalue weighted by molar-refractivity contribution is 0.0225. The van der Waals surface area contributed by atoms with Crippen LogP contribution in [-0.2, 0) is 0 Å². The summed E-state index contributed by atoms with van der Waals surface area (Å²) >= 11 is 0. The highest BCUT2D eigenvalue weighted by Gasteiger charge is 2.22. The van der Waals surface area contributed by atoms with E-state index < -0.39 is 0 Å². The maximum atomic E-state index is 9.37. The number of aliphatic hydroxyl groups is 1. The van der Waals surface area contributed by atoms with Crippen molar-refractivity contribution in [1.29, 1.82) is 0 Å². The lowest BCUT2D eigenvalue weighted by Crippen LogP contribution is -2.26. The molecule has 0 saturated heterocycles. The fraction of sp³-hybridized carbons (Fsp3) is 1.00. The van der Waals surface area contributed by atoms with E-state index in [-0.39, 0.29) is 5.60 Å². The summed E-state index contributed by atoms with van der Waals surface area (Å²) in [4.78, 5) is 0. The Balaban J connectivity index is 2.33. The van der Waals surface area contributed by atoms with E-state index in [0.717, 1.165) is 12.8 Å². The molecule has 1 aliphatic carbocycles. The van der Waals surface area contributed by atoms with Crippen LogP contribution in [0.25, 0.3) is 0 Å². The quantitative estimate of drug-likeness (QED) is 0.476. The van der Waals surface area contributed by atoms with Crippen LogP contribution in [0.1, 0.15) is 39.0 Å². The number of hydrogen-bond donors (Lipinski definition) is 1. The normalized spacial score (nSPS) is 27.8.